The number of hydrogen-bond donors (Lipinski definition) is 1. The van der Waals surface area contributed by atoms with Gasteiger partial charge in [-0.1, -0.05) is 20.8 Å². The Labute approximate surface area is 116 Å². The van der Waals surface area contributed by atoms with E-state index in [-0.39, 0.29) is 11.1 Å². The number of carboxylic acids is 1. The minimum atomic E-state index is -1.46. The van der Waals surface area contributed by atoms with Crippen LogP contribution >= 0.6 is 0 Å². The number of benzene rings is 1. The SMILES string of the molecule is CN(CC(C)(C)C)c1cc(C(=O)O)c([N+](=O)[O-])cc1F. The zero-order valence-electron chi connectivity index (χ0n) is 11.8. The van der Waals surface area contributed by atoms with Gasteiger partial charge >= 0.3 is 5.97 Å². The molecule has 1 rings (SSSR count). The summed E-state index contributed by atoms with van der Waals surface area (Å²) < 4.78 is 13.9. The Morgan fingerprint density at radius 1 is 1.45 bits per heavy atom. The molecule has 0 unspecified atom stereocenters. The van der Waals surface area contributed by atoms with E-state index in [9.17, 15) is 19.3 Å². The van der Waals surface area contributed by atoms with Crippen molar-refractivity contribution in [3.8, 4) is 0 Å². The minimum absolute atomic E-state index is 0.0305. The number of anilines is 1. The number of hydrogen-bond acceptors (Lipinski definition) is 4. The molecule has 1 aromatic carbocycles. The van der Waals surface area contributed by atoms with Crippen molar-refractivity contribution >= 4 is 17.3 Å². The molecule has 0 spiro atoms. The highest BCUT2D eigenvalue weighted by Gasteiger charge is 2.25. The second-order valence-electron chi connectivity index (χ2n) is 5.80. The van der Waals surface area contributed by atoms with Gasteiger partial charge in [0.2, 0.25) is 0 Å². The lowest BCUT2D eigenvalue weighted by Gasteiger charge is -2.28. The molecule has 7 heteroatoms. The van der Waals surface area contributed by atoms with Gasteiger partial charge in [0.15, 0.2) is 5.82 Å². The Kier molecular flexibility index (Phi) is 4.32. The first-order chi connectivity index (χ1) is 9.03. The van der Waals surface area contributed by atoms with Crippen LogP contribution in [-0.2, 0) is 0 Å². The quantitative estimate of drug-likeness (QED) is 0.679. The Morgan fingerprint density at radius 3 is 2.40 bits per heavy atom. The summed E-state index contributed by atoms with van der Waals surface area (Å²) in [6.45, 7) is 6.32. The van der Waals surface area contributed by atoms with Crippen LogP contribution in [0.4, 0.5) is 15.8 Å². The van der Waals surface area contributed by atoms with Crippen molar-refractivity contribution < 1.29 is 19.2 Å². The van der Waals surface area contributed by atoms with Crippen LogP contribution in [0, 0.1) is 21.3 Å². The standard InChI is InChI=1S/C13H17FN2O4/c1-13(2,3)7-15(4)11-5-8(12(17)18)10(16(19)20)6-9(11)14/h5-6H,7H2,1-4H3,(H,17,18). The largest absolute Gasteiger partial charge is 0.477 e. The average molecular weight is 284 g/mol. The predicted molar refractivity (Wildman–Crippen MR) is 72.7 cm³/mol. The van der Waals surface area contributed by atoms with Crippen LogP contribution in [0.5, 0.6) is 0 Å². The Morgan fingerprint density at radius 2 is 2.00 bits per heavy atom. The Hall–Kier alpha value is -2.18. The van der Waals surface area contributed by atoms with Crippen molar-refractivity contribution in [2.45, 2.75) is 20.8 Å². The molecule has 110 valence electrons. The summed E-state index contributed by atoms with van der Waals surface area (Å²) in [7, 11) is 1.61. The number of carbonyl (C=O) groups is 1. The highest BCUT2D eigenvalue weighted by molar-refractivity contribution is 5.93. The zero-order valence-corrected chi connectivity index (χ0v) is 11.8. The van der Waals surface area contributed by atoms with Crippen LogP contribution in [0.15, 0.2) is 12.1 Å². The van der Waals surface area contributed by atoms with Crippen LogP contribution in [-0.4, -0.2) is 29.6 Å². The van der Waals surface area contributed by atoms with E-state index in [1.165, 1.54) is 0 Å². The van der Waals surface area contributed by atoms with Gasteiger partial charge in [-0.05, 0) is 11.5 Å². The van der Waals surface area contributed by atoms with Crippen LogP contribution in [0.3, 0.4) is 0 Å². The normalized spacial score (nSPS) is 11.2. The molecule has 0 saturated heterocycles. The van der Waals surface area contributed by atoms with Crippen molar-refractivity contribution in [2.24, 2.45) is 5.41 Å². The summed E-state index contributed by atoms with van der Waals surface area (Å²) in [5.74, 6) is -2.27. The van der Waals surface area contributed by atoms with Crippen molar-refractivity contribution in [1.82, 2.24) is 0 Å². The summed E-state index contributed by atoms with van der Waals surface area (Å²) >= 11 is 0. The van der Waals surface area contributed by atoms with Crippen molar-refractivity contribution in [3.05, 3.63) is 33.6 Å². The third-order valence-corrected chi connectivity index (χ3v) is 2.62. The van der Waals surface area contributed by atoms with Crippen molar-refractivity contribution in [2.75, 3.05) is 18.5 Å². The van der Waals surface area contributed by atoms with Gasteiger partial charge in [-0.15, -0.1) is 0 Å². The van der Waals surface area contributed by atoms with E-state index in [1.807, 2.05) is 20.8 Å². The predicted octanol–water partition coefficient (Wildman–Crippen LogP) is 2.91. The fourth-order valence-electron chi connectivity index (χ4n) is 1.96. The van der Waals surface area contributed by atoms with E-state index < -0.39 is 28.0 Å². The van der Waals surface area contributed by atoms with Gasteiger partial charge in [0.1, 0.15) is 5.56 Å². The van der Waals surface area contributed by atoms with Crippen molar-refractivity contribution in [3.63, 3.8) is 0 Å². The molecule has 0 amide bonds. The van der Waals surface area contributed by atoms with Gasteiger partial charge in [-0.2, -0.15) is 0 Å². The van der Waals surface area contributed by atoms with Gasteiger partial charge in [-0.25, -0.2) is 9.18 Å². The van der Waals surface area contributed by atoms with E-state index in [2.05, 4.69) is 0 Å². The molecule has 0 aliphatic carbocycles. The molecule has 6 nitrogen and oxygen atoms in total. The van der Waals surface area contributed by atoms with Crippen LogP contribution in [0.25, 0.3) is 0 Å². The first kappa shape index (κ1) is 15.9. The highest BCUT2D eigenvalue weighted by Crippen LogP contribution is 2.29. The van der Waals surface area contributed by atoms with E-state index in [1.54, 1.807) is 11.9 Å². The molecule has 0 radical (unpaired) electrons. The summed E-state index contributed by atoms with van der Waals surface area (Å²) in [6, 6.07) is 1.65. The summed E-state index contributed by atoms with van der Waals surface area (Å²) in [4.78, 5) is 22.4. The molecule has 0 saturated carbocycles. The fourth-order valence-corrected chi connectivity index (χ4v) is 1.96. The van der Waals surface area contributed by atoms with Crippen LogP contribution < -0.4 is 4.90 Å². The molecular formula is C13H17FN2O4. The van der Waals surface area contributed by atoms with Crippen molar-refractivity contribution in [1.29, 1.82) is 0 Å². The lowest BCUT2D eigenvalue weighted by molar-refractivity contribution is -0.385. The molecule has 0 atom stereocenters. The third kappa shape index (κ3) is 3.66. The number of halogens is 1. The molecule has 0 heterocycles. The lowest BCUT2D eigenvalue weighted by Crippen LogP contribution is -2.30. The molecule has 0 fully saturated rings. The van der Waals surface area contributed by atoms with Gasteiger partial charge in [-0.3, -0.25) is 10.1 Å². The molecule has 0 aliphatic heterocycles. The zero-order chi connectivity index (χ0) is 15.7. The minimum Gasteiger partial charge on any atom is -0.477 e. The van der Waals surface area contributed by atoms with Gasteiger partial charge in [0.25, 0.3) is 5.69 Å². The number of nitrogens with zero attached hydrogens (tertiary/aromatic N) is 2. The molecule has 1 aromatic rings. The van der Waals surface area contributed by atoms with Crippen LogP contribution in [0.1, 0.15) is 31.1 Å². The van der Waals surface area contributed by atoms with E-state index in [4.69, 9.17) is 5.11 Å². The van der Waals surface area contributed by atoms with E-state index >= 15 is 0 Å². The molecule has 20 heavy (non-hydrogen) atoms. The first-order valence-corrected chi connectivity index (χ1v) is 5.95. The molecule has 0 bridgehead atoms. The van der Waals surface area contributed by atoms with Crippen LogP contribution in [0.2, 0.25) is 0 Å². The van der Waals surface area contributed by atoms with Gasteiger partial charge in [0.05, 0.1) is 16.7 Å². The highest BCUT2D eigenvalue weighted by atomic mass is 19.1. The first-order valence-electron chi connectivity index (χ1n) is 5.95. The second kappa shape index (κ2) is 5.44. The number of nitro benzene ring substituents is 1. The summed E-state index contributed by atoms with van der Waals surface area (Å²) in [5, 5.41) is 19.7. The van der Waals surface area contributed by atoms with Gasteiger partial charge < -0.3 is 10.0 Å². The van der Waals surface area contributed by atoms with E-state index in [0.29, 0.717) is 12.6 Å². The smallest absolute Gasteiger partial charge is 0.342 e. The Balaban J connectivity index is 3.32. The lowest BCUT2D eigenvalue weighted by atomic mass is 9.96. The fraction of sp³-hybridized carbons (Fsp3) is 0.462. The van der Waals surface area contributed by atoms with Gasteiger partial charge in [0, 0.05) is 13.6 Å². The Bertz CT molecular complexity index is 552. The molecule has 1 N–H and O–H groups in total. The second-order valence-corrected chi connectivity index (χ2v) is 5.80. The molecule has 0 aliphatic rings. The number of carboxylic acid groups (broad SMARTS) is 1. The molecular weight excluding hydrogens is 267 g/mol. The number of nitro groups is 1. The maximum absolute atomic E-state index is 13.9. The average Bonchev–Trinajstić information content (AvgIpc) is 2.25. The monoisotopic (exact) mass is 284 g/mol. The topological polar surface area (TPSA) is 83.7 Å². The summed E-state index contributed by atoms with van der Waals surface area (Å²) in [6.07, 6.45) is 0. The molecule has 0 aromatic heterocycles. The van der Waals surface area contributed by atoms with E-state index in [0.717, 1.165) is 6.07 Å². The maximum Gasteiger partial charge on any atom is 0.342 e. The third-order valence-electron chi connectivity index (χ3n) is 2.62. The number of rotatable bonds is 4. The summed E-state index contributed by atoms with van der Waals surface area (Å²) in [5.41, 5.74) is -1.37. The number of aromatic carboxylic acids is 1. The maximum atomic E-state index is 13.9.